The second-order valence-corrected chi connectivity index (χ2v) is 14.9. The minimum absolute atomic E-state index is 0.0554. The minimum Gasteiger partial charge on any atom is -0.451 e. The number of carbonyl (C=O) groups is 2. The third kappa shape index (κ3) is 7.90. The molecule has 3 aliphatic heterocycles. The molecule has 0 atom stereocenters. The molecule has 0 saturated carbocycles. The molecule has 0 radical (unpaired) electrons. The predicted molar refractivity (Wildman–Crippen MR) is 176 cm³/mol. The van der Waals surface area contributed by atoms with E-state index in [-0.39, 0.29) is 40.8 Å². The summed E-state index contributed by atoms with van der Waals surface area (Å²) >= 11 is 0. The van der Waals surface area contributed by atoms with Crippen LogP contribution in [0.4, 0.5) is 15.0 Å². The van der Waals surface area contributed by atoms with Crippen LogP contribution in [0.1, 0.15) is 84.5 Å². The van der Waals surface area contributed by atoms with E-state index in [1.54, 1.807) is 11.1 Å². The van der Waals surface area contributed by atoms with Gasteiger partial charge in [-0.2, -0.15) is 0 Å². The molecule has 0 N–H and O–H groups in total. The van der Waals surface area contributed by atoms with Crippen LogP contribution in [0.15, 0.2) is 30.7 Å². The van der Waals surface area contributed by atoms with Crippen molar-refractivity contribution in [1.82, 2.24) is 24.7 Å². The number of halogens is 1. The van der Waals surface area contributed by atoms with Gasteiger partial charge in [-0.05, 0) is 111 Å². The first kappa shape index (κ1) is 33.9. The second kappa shape index (κ2) is 13.7. The van der Waals surface area contributed by atoms with Gasteiger partial charge in [-0.15, -0.1) is 0 Å². The molecular formula is C35H51FN6O4. The molecular weight excluding hydrogens is 587 g/mol. The first-order valence-electron chi connectivity index (χ1n) is 16.8. The van der Waals surface area contributed by atoms with Crippen LogP contribution in [0.5, 0.6) is 11.5 Å². The van der Waals surface area contributed by atoms with Gasteiger partial charge in [-0.1, -0.05) is 0 Å². The minimum atomic E-state index is -0.491. The zero-order chi connectivity index (χ0) is 33.2. The van der Waals surface area contributed by atoms with Gasteiger partial charge >= 0.3 is 6.09 Å². The quantitative estimate of drug-likeness (QED) is 0.337. The van der Waals surface area contributed by atoms with Crippen LogP contribution in [-0.2, 0) is 4.74 Å². The Morgan fingerprint density at radius 3 is 2.28 bits per heavy atom. The summed E-state index contributed by atoms with van der Waals surface area (Å²) in [5, 5.41) is 0. The summed E-state index contributed by atoms with van der Waals surface area (Å²) in [6.45, 7) is 20.0. The first-order valence-corrected chi connectivity index (χ1v) is 16.8. The Morgan fingerprint density at radius 2 is 1.67 bits per heavy atom. The largest absolute Gasteiger partial charge is 0.451 e. The van der Waals surface area contributed by atoms with Crippen LogP contribution in [0, 0.1) is 17.2 Å². The summed E-state index contributed by atoms with van der Waals surface area (Å²) in [4.78, 5) is 43.1. The molecule has 4 heterocycles. The molecule has 1 aromatic carbocycles. The highest BCUT2D eigenvalue weighted by Crippen LogP contribution is 2.45. The number of anilines is 1. The second-order valence-electron chi connectivity index (χ2n) is 14.9. The number of likely N-dealkylation sites (tertiary alicyclic amines) is 2. The van der Waals surface area contributed by atoms with Crippen molar-refractivity contribution in [3.8, 4) is 11.5 Å². The van der Waals surface area contributed by atoms with Gasteiger partial charge in [0.1, 0.15) is 23.5 Å². The van der Waals surface area contributed by atoms with E-state index in [1.807, 2.05) is 53.4 Å². The third-order valence-corrected chi connectivity index (χ3v) is 9.45. The van der Waals surface area contributed by atoms with Gasteiger partial charge in [0.15, 0.2) is 11.6 Å². The monoisotopic (exact) mass is 638 g/mol. The molecule has 252 valence electrons. The zero-order valence-electron chi connectivity index (χ0n) is 28.6. The van der Waals surface area contributed by atoms with Gasteiger partial charge in [0, 0.05) is 50.2 Å². The molecule has 1 spiro atoms. The van der Waals surface area contributed by atoms with Crippen molar-refractivity contribution in [3.63, 3.8) is 0 Å². The summed E-state index contributed by atoms with van der Waals surface area (Å²) in [5.41, 5.74) is -0.0443. The molecule has 46 heavy (non-hydrogen) atoms. The van der Waals surface area contributed by atoms with Crippen LogP contribution in [-0.4, -0.2) is 100 Å². The van der Waals surface area contributed by atoms with Crippen molar-refractivity contribution in [1.29, 1.82) is 0 Å². The average Bonchev–Trinajstić information content (AvgIpc) is 2.97. The number of carbonyl (C=O) groups excluding carboxylic acids is 2. The highest BCUT2D eigenvalue weighted by Gasteiger charge is 2.46. The molecule has 3 aliphatic rings. The number of rotatable bonds is 8. The molecule has 0 aliphatic carbocycles. The fourth-order valence-electron chi connectivity index (χ4n) is 7.13. The molecule has 3 fully saturated rings. The van der Waals surface area contributed by atoms with Crippen molar-refractivity contribution < 1.29 is 23.5 Å². The fraction of sp³-hybridized carbons (Fsp3) is 0.657. The van der Waals surface area contributed by atoms with Crippen molar-refractivity contribution in [2.45, 2.75) is 91.8 Å². The summed E-state index contributed by atoms with van der Waals surface area (Å²) in [6.07, 6.45) is 7.20. The first-order chi connectivity index (χ1) is 21.7. The standard InChI is InChI=1S/C35H51FN6O4/c1-24(2)42(25(3)4)32(43)28-18-27(36)8-9-29(28)45-30-19-37-23-38-31(30)41-21-35(22-41)12-16-39(17-13-35)20-26-10-14-40(15-11-26)33(44)46-34(5,6)7/h8-9,18-19,23-26H,10-17,20-22H2,1-7H3. The molecule has 0 unspecified atom stereocenters. The third-order valence-electron chi connectivity index (χ3n) is 9.45. The zero-order valence-corrected chi connectivity index (χ0v) is 28.6. The molecule has 10 nitrogen and oxygen atoms in total. The summed E-state index contributed by atoms with van der Waals surface area (Å²) in [5.74, 6) is 1.26. The highest BCUT2D eigenvalue weighted by atomic mass is 19.1. The Hall–Kier alpha value is -3.47. The summed E-state index contributed by atoms with van der Waals surface area (Å²) in [7, 11) is 0. The van der Waals surface area contributed by atoms with Crippen LogP contribution < -0.4 is 9.64 Å². The van der Waals surface area contributed by atoms with E-state index in [0.717, 1.165) is 71.5 Å². The molecule has 0 bridgehead atoms. The SMILES string of the molecule is CC(C)N(C(=O)c1cc(F)ccc1Oc1cncnc1N1CC2(CCN(CC3CCN(C(=O)OC(C)(C)C)CC3)CC2)C1)C(C)C. The van der Waals surface area contributed by atoms with E-state index >= 15 is 0 Å². The molecule has 1 aromatic heterocycles. The number of piperidine rings is 2. The number of ether oxygens (including phenoxy) is 2. The lowest BCUT2D eigenvalue weighted by atomic mass is 9.72. The van der Waals surface area contributed by atoms with Gasteiger partial charge in [0.05, 0.1) is 11.8 Å². The fourth-order valence-corrected chi connectivity index (χ4v) is 7.13. The smallest absolute Gasteiger partial charge is 0.410 e. The van der Waals surface area contributed by atoms with E-state index < -0.39 is 11.4 Å². The van der Waals surface area contributed by atoms with Crippen molar-refractivity contribution in [3.05, 3.63) is 42.1 Å². The van der Waals surface area contributed by atoms with E-state index in [4.69, 9.17) is 9.47 Å². The average molecular weight is 639 g/mol. The van der Waals surface area contributed by atoms with Crippen LogP contribution in [0.25, 0.3) is 0 Å². The topological polar surface area (TPSA) is 91.3 Å². The summed E-state index contributed by atoms with van der Waals surface area (Å²) < 4.78 is 26.2. The maximum Gasteiger partial charge on any atom is 0.410 e. The van der Waals surface area contributed by atoms with Gasteiger partial charge in [0.25, 0.3) is 5.91 Å². The maximum atomic E-state index is 14.4. The van der Waals surface area contributed by atoms with Crippen molar-refractivity contribution >= 4 is 17.8 Å². The highest BCUT2D eigenvalue weighted by molar-refractivity contribution is 5.97. The lowest BCUT2D eigenvalue weighted by Gasteiger charge is -2.54. The van der Waals surface area contributed by atoms with E-state index in [0.29, 0.717) is 17.5 Å². The maximum absolute atomic E-state index is 14.4. The van der Waals surface area contributed by atoms with Gasteiger partial charge in [-0.25, -0.2) is 19.2 Å². The van der Waals surface area contributed by atoms with Gasteiger partial charge in [-0.3, -0.25) is 4.79 Å². The predicted octanol–water partition coefficient (Wildman–Crippen LogP) is 6.22. The number of benzene rings is 1. The molecule has 5 rings (SSSR count). The van der Waals surface area contributed by atoms with Crippen LogP contribution in [0.2, 0.25) is 0 Å². The Kier molecular flexibility index (Phi) is 10.1. The number of hydrogen-bond acceptors (Lipinski definition) is 8. The lowest BCUT2D eigenvalue weighted by Crippen LogP contribution is -2.61. The number of aromatic nitrogens is 2. The molecule has 11 heteroatoms. The lowest BCUT2D eigenvalue weighted by molar-refractivity contribution is 0.0144. The number of nitrogens with zero attached hydrogens (tertiary/aromatic N) is 6. The molecule has 3 saturated heterocycles. The summed E-state index contributed by atoms with van der Waals surface area (Å²) in [6, 6.07) is 3.95. The van der Waals surface area contributed by atoms with E-state index in [9.17, 15) is 14.0 Å². The Bertz CT molecular complexity index is 1360. The molecule has 2 amide bonds. The van der Waals surface area contributed by atoms with Crippen molar-refractivity contribution in [2.75, 3.05) is 50.7 Å². The Balaban J connectivity index is 1.16. The van der Waals surface area contributed by atoms with Gasteiger partial charge in [0.2, 0.25) is 0 Å². The Labute approximate surface area is 273 Å². The van der Waals surface area contributed by atoms with E-state index in [1.165, 1.54) is 24.5 Å². The van der Waals surface area contributed by atoms with Crippen LogP contribution >= 0.6 is 0 Å². The van der Waals surface area contributed by atoms with Crippen LogP contribution in [0.3, 0.4) is 0 Å². The molecule has 2 aromatic rings. The van der Waals surface area contributed by atoms with Gasteiger partial charge < -0.3 is 29.1 Å². The number of hydrogen-bond donors (Lipinski definition) is 0. The normalized spacial score (nSPS) is 19.0. The van der Waals surface area contributed by atoms with Crippen molar-refractivity contribution in [2.24, 2.45) is 11.3 Å². The number of amides is 2. The Morgan fingerprint density at radius 1 is 1.02 bits per heavy atom. The van der Waals surface area contributed by atoms with E-state index in [2.05, 4.69) is 19.8 Å².